The predicted octanol–water partition coefficient (Wildman–Crippen LogP) is 2.69. The summed E-state index contributed by atoms with van der Waals surface area (Å²) in [5.74, 6) is 0.749. The van der Waals surface area contributed by atoms with Gasteiger partial charge in [-0.05, 0) is 36.8 Å². The van der Waals surface area contributed by atoms with E-state index in [9.17, 15) is 8.42 Å². The molecule has 3 heterocycles. The molecule has 5 rings (SSSR count). The summed E-state index contributed by atoms with van der Waals surface area (Å²) in [6.07, 6.45) is 3.67. The number of fused-ring (bicyclic) bond motifs is 3. The fourth-order valence-corrected chi connectivity index (χ4v) is 3.98. The van der Waals surface area contributed by atoms with Crippen molar-refractivity contribution in [2.45, 2.75) is 11.8 Å². The van der Waals surface area contributed by atoms with Crippen LogP contribution >= 0.6 is 0 Å². The van der Waals surface area contributed by atoms with E-state index in [1.165, 1.54) is 12.1 Å². The van der Waals surface area contributed by atoms with Crippen LogP contribution < -0.4 is 5.14 Å². The summed E-state index contributed by atoms with van der Waals surface area (Å²) in [5, 5.41) is 14.6. The number of nitrogens with two attached hydrogens (primary N) is 1. The van der Waals surface area contributed by atoms with E-state index in [1.807, 2.05) is 52.4 Å². The summed E-state index contributed by atoms with van der Waals surface area (Å²) >= 11 is 0. The molecular formula is C20H16N6O2S. The van der Waals surface area contributed by atoms with Gasteiger partial charge in [0.1, 0.15) is 12.2 Å². The van der Waals surface area contributed by atoms with Crippen molar-refractivity contribution >= 4 is 26.7 Å². The second kappa shape index (κ2) is 6.23. The molecule has 0 unspecified atom stereocenters. The molecule has 3 aromatic heterocycles. The van der Waals surface area contributed by atoms with Crippen LogP contribution in [0.25, 0.3) is 33.5 Å². The molecule has 0 atom stereocenters. The third-order valence-electron chi connectivity index (χ3n) is 4.89. The topological polar surface area (TPSA) is 108 Å². The van der Waals surface area contributed by atoms with E-state index in [0.29, 0.717) is 11.3 Å². The molecule has 0 radical (unpaired) electrons. The number of hydrogen-bond acceptors (Lipinski definition) is 5. The van der Waals surface area contributed by atoms with Crippen molar-refractivity contribution in [1.82, 2.24) is 24.1 Å². The Labute approximate surface area is 166 Å². The third-order valence-corrected chi connectivity index (χ3v) is 5.82. The maximum Gasteiger partial charge on any atom is 0.238 e. The molecular weight excluding hydrogens is 388 g/mol. The molecule has 0 aliphatic rings. The van der Waals surface area contributed by atoms with Crippen molar-refractivity contribution in [3.05, 3.63) is 72.9 Å². The molecule has 8 nitrogen and oxygen atoms in total. The summed E-state index contributed by atoms with van der Waals surface area (Å²) in [4.78, 5) is 4.70. The van der Waals surface area contributed by atoms with E-state index in [0.717, 1.165) is 28.0 Å². The number of aromatic nitrogens is 5. The summed E-state index contributed by atoms with van der Waals surface area (Å²) in [5.41, 5.74) is 4.16. The van der Waals surface area contributed by atoms with Gasteiger partial charge in [0.15, 0.2) is 11.3 Å². The lowest BCUT2D eigenvalue weighted by Gasteiger charge is -2.06. The van der Waals surface area contributed by atoms with E-state index in [4.69, 9.17) is 5.14 Å². The molecule has 0 saturated carbocycles. The predicted molar refractivity (Wildman–Crippen MR) is 109 cm³/mol. The van der Waals surface area contributed by atoms with Crippen LogP contribution in [-0.4, -0.2) is 32.6 Å². The second-order valence-corrected chi connectivity index (χ2v) is 8.26. The average molecular weight is 404 g/mol. The normalized spacial score (nSPS) is 12.1. The molecule has 0 aliphatic heterocycles. The zero-order valence-corrected chi connectivity index (χ0v) is 16.2. The average Bonchev–Trinajstić information content (AvgIpc) is 3.29. The maximum absolute atomic E-state index is 11.6. The fourth-order valence-electron chi connectivity index (χ4n) is 3.46. The molecule has 0 bridgehead atoms. The van der Waals surface area contributed by atoms with E-state index in [2.05, 4.69) is 15.2 Å². The van der Waals surface area contributed by atoms with Crippen LogP contribution in [0.2, 0.25) is 0 Å². The molecule has 0 spiro atoms. The van der Waals surface area contributed by atoms with E-state index in [-0.39, 0.29) is 4.90 Å². The summed E-state index contributed by atoms with van der Waals surface area (Å²) in [6.45, 7) is 1.87. The highest BCUT2D eigenvalue weighted by Gasteiger charge is 2.18. The molecule has 29 heavy (non-hydrogen) atoms. The Morgan fingerprint density at radius 1 is 0.931 bits per heavy atom. The van der Waals surface area contributed by atoms with E-state index >= 15 is 0 Å². The molecule has 2 aromatic carbocycles. The molecule has 5 aromatic rings. The van der Waals surface area contributed by atoms with Crippen LogP contribution in [0.5, 0.6) is 0 Å². The first kappa shape index (κ1) is 17.5. The largest absolute Gasteiger partial charge is 0.301 e. The standard InChI is InChI=1S/C20H16N6O2S/c1-13-23-24-20-18-17(14-5-3-2-4-6-14)11-25(19(18)22-12-26(13)20)15-7-9-16(10-8-15)29(21,27)28/h2-12H,1H3,(H2,21,27,28). The highest BCUT2D eigenvalue weighted by atomic mass is 32.2. The van der Waals surface area contributed by atoms with Gasteiger partial charge in [0.25, 0.3) is 0 Å². The number of sulfonamides is 1. The lowest BCUT2D eigenvalue weighted by atomic mass is 10.1. The minimum absolute atomic E-state index is 0.0597. The minimum Gasteiger partial charge on any atom is -0.301 e. The SMILES string of the molecule is Cc1nnc2c3c(-c4ccccc4)cn(-c4ccc(S(N)(=O)=O)cc4)c3ncn12. The number of nitrogens with zero attached hydrogens (tertiary/aromatic N) is 5. The van der Waals surface area contributed by atoms with Gasteiger partial charge in [0, 0.05) is 17.4 Å². The van der Waals surface area contributed by atoms with Crippen molar-refractivity contribution < 1.29 is 8.42 Å². The van der Waals surface area contributed by atoms with Gasteiger partial charge in [-0.25, -0.2) is 18.5 Å². The maximum atomic E-state index is 11.6. The van der Waals surface area contributed by atoms with Gasteiger partial charge in [0.2, 0.25) is 10.0 Å². The van der Waals surface area contributed by atoms with Crippen molar-refractivity contribution in [3.63, 3.8) is 0 Å². The van der Waals surface area contributed by atoms with Crippen LogP contribution in [0.4, 0.5) is 0 Å². The van der Waals surface area contributed by atoms with Gasteiger partial charge < -0.3 is 4.57 Å². The smallest absolute Gasteiger partial charge is 0.238 e. The van der Waals surface area contributed by atoms with Gasteiger partial charge in [0.05, 0.1) is 10.3 Å². The van der Waals surface area contributed by atoms with Crippen LogP contribution in [0, 0.1) is 6.92 Å². The Bertz CT molecular complexity index is 1470. The molecule has 9 heteroatoms. The Hall–Kier alpha value is -3.56. The van der Waals surface area contributed by atoms with Crippen LogP contribution in [0.15, 0.2) is 72.0 Å². The van der Waals surface area contributed by atoms with Crippen LogP contribution in [0.3, 0.4) is 0 Å². The van der Waals surface area contributed by atoms with Crippen molar-refractivity contribution in [2.75, 3.05) is 0 Å². The molecule has 0 fully saturated rings. The molecule has 0 amide bonds. The minimum atomic E-state index is -3.75. The number of rotatable bonds is 3. The van der Waals surface area contributed by atoms with Crippen LogP contribution in [-0.2, 0) is 10.0 Å². The number of hydrogen-bond donors (Lipinski definition) is 1. The molecule has 0 aliphatic carbocycles. The Kier molecular flexibility index (Phi) is 3.76. The lowest BCUT2D eigenvalue weighted by Crippen LogP contribution is -2.12. The quantitative estimate of drug-likeness (QED) is 0.497. The Morgan fingerprint density at radius 3 is 2.34 bits per heavy atom. The Balaban J connectivity index is 1.82. The zero-order chi connectivity index (χ0) is 20.2. The van der Waals surface area contributed by atoms with Crippen molar-refractivity contribution in [1.29, 1.82) is 0 Å². The van der Waals surface area contributed by atoms with Gasteiger partial charge in [-0.15, -0.1) is 10.2 Å². The number of primary sulfonamides is 1. The van der Waals surface area contributed by atoms with Crippen LogP contribution in [0.1, 0.15) is 5.82 Å². The van der Waals surface area contributed by atoms with Gasteiger partial charge in [-0.3, -0.25) is 4.40 Å². The lowest BCUT2D eigenvalue weighted by molar-refractivity contribution is 0.598. The van der Waals surface area contributed by atoms with Crippen molar-refractivity contribution in [2.24, 2.45) is 5.14 Å². The van der Waals surface area contributed by atoms with E-state index < -0.39 is 10.0 Å². The molecule has 0 saturated heterocycles. The second-order valence-electron chi connectivity index (χ2n) is 6.70. The van der Waals surface area contributed by atoms with Gasteiger partial charge in [-0.1, -0.05) is 30.3 Å². The molecule has 144 valence electrons. The summed E-state index contributed by atoms with van der Waals surface area (Å²) in [7, 11) is -3.75. The fraction of sp³-hybridized carbons (Fsp3) is 0.0500. The monoisotopic (exact) mass is 404 g/mol. The summed E-state index contributed by atoms with van der Waals surface area (Å²) < 4.78 is 26.9. The summed E-state index contributed by atoms with van der Waals surface area (Å²) in [6, 6.07) is 16.3. The highest BCUT2D eigenvalue weighted by Crippen LogP contribution is 2.34. The number of aryl methyl sites for hydroxylation is 1. The zero-order valence-electron chi connectivity index (χ0n) is 15.4. The number of benzene rings is 2. The van der Waals surface area contributed by atoms with Crippen molar-refractivity contribution in [3.8, 4) is 16.8 Å². The van der Waals surface area contributed by atoms with Gasteiger partial charge in [-0.2, -0.15) is 0 Å². The molecule has 2 N–H and O–H groups in total. The first-order valence-corrected chi connectivity index (χ1v) is 10.4. The third kappa shape index (κ3) is 2.79. The Morgan fingerprint density at radius 2 is 1.66 bits per heavy atom. The highest BCUT2D eigenvalue weighted by molar-refractivity contribution is 7.89. The van der Waals surface area contributed by atoms with E-state index in [1.54, 1.807) is 18.5 Å². The van der Waals surface area contributed by atoms with Gasteiger partial charge >= 0.3 is 0 Å². The first-order chi connectivity index (χ1) is 13.9. The first-order valence-electron chi connectivity index (χ1n) is 8.83.